The monoisotopic (exact) mass is 513 g/mol. The first-order chi connectivity index (χ1) is 16.6. The van der Waals surface area contributed by atoms with Crippen LogP contribution in [0.15, 0.2) is 53.4 Å². The van der Waals surface area contributed by atoms with Crippen molar-refractivity contribution in [1.82, 2.24) is 4.31 Å². The zero-order valence-corrected chi connectivity index (χ0v) is 20.0. The van der Waals surface area contributed by atoms with Gasteiger partial charge >= 0.3 is 0 Å². The first kappa shape index (κ1) is 26.3. The molecule has 3 aromatic rings. The van der Waals surface area contributed by atoms with E-state index in [4.69, 9.17) is 14.2 Å². The van der Waals surface area contributed by atoms with Gasteiger partial charge in [-0.15, -0.1) is 0 Å². The Morgan fingerprint density at radius 1 is 0.714 bits per heavy atom. The lowest BCUT2D eigenvalue weighted by molar-refractivity contribution is 0.285. The van der Waals surface area contributed by atoms with Gasteiger partial charge in [0.2, 0.25) is 11.6 Å². The molecule has 188 valence electrons. The zero-order valence-electron chi connectivity index (χ0n) is 19.1. The first-order valence-corrected chi connectivity index (χ1v) is 11.8. The van der Waals surface area contributed by atoms with Gasteiger partial charge in [-0.05, 0) is 42.3 Å². The van der Waals surface area contributed by atoms with Gasteiger partial charge in [-0.3, -0.25) is 0 Å². The summed E-state index contributed by atoms with van der Waals surface area (Å²) in [4.78, 5) is -1.42. The number of hydrogen-bond donors (Lipinski definition) is 0. The molecule has 0 aliphatic rings. The molecule has 0 radical (unpaired) electrons. The molecular weight excluding hydrogens is 490 g/mol. The van der Waals surface area contributed by atoms with Gasteiger partial charge in [0.1, 0.15) is 11.5 Å². The molecule has 0 spiro atoms. The van der Waals surface area contributed by atoms with Gasteiger partial charge in [-0.2, -0.15) is 8.70 Å². The molecule has 0 fully saturated rings. The quantitative estimate of drug-likeness (QED) is 0.216. The number of rotatable bonds is 10. The van der Waals surface area contributed by atoms with E-state index in [0.717, 1.165) is 4.31 Å². The van der Waals surface area contributed by atoms with E-state index >= 15 is 0 Å². The van der Waals surface area contributed by atoms with E-state index in [0.29, 0.717) is 22.6 Å². The number of methoxy groups -OCH3 is 2. The van der Waals surface area contributed by atoms with Crippen LogP contribution in [-0.4, -0.2) is 33.5 Å². The second kappa shape index (κ2) is 11.0. The van der Waals surface area contributed by atoms with Crippen molar-refractivity contribution in [3.8, 4) is 17.2 Å². The predicted octanol–water partition coefficient (Wildman–Crippen LogP) is 5.05. The molecular formula is C24H23F4NO5S. The molecule has 0 atom stereocenters. The standard InChI is InChI=1S/C24H23F4NO5S/c1-4-34-23-21(27)19(25)20(26)22(28)24(23)35(30,31)29(13-15-5-9-17(32-2)10-6-15)14-16-7-11-18(33-3)12-8-16/h5-12H,4,13-14H2,1-3H3. The summed E-state index contributed by atoms with van der Waals surface area (Å²) in [6.07, 6.45) is 0. The summed E-state index contributed by atoms with van der Waals surface area (Å²) in [5, 5.41) is 0. The van der Waals surface area contributed by atoms with Crippen LogP contribution in [-0.2, 0) is 23.1 Å². The summed E-state index contributed by atoms with van der Waals surface area (Å²) in [6.45, 7) is 0.441. The van der Waals surface area contributed by atoms with Crippen molar-refractivity contribution in [2.45, 2.75) is 24.9 Å². The second-order valence-corrected chi connectivity index (χ2v) is 9.19. The maximum Gasteiger partial charge on any atom is 0.250 e. The van der Waals surface area contributed by atoms with Crippen molar-refractivity contribution in [2.75, 3.05) is 20.8 Å². The fourth-order valence-electron chi connectivity index (χ4n) is 3.32. The van der Waals surface area contributed by atoms with E-state index < -0.39 is 43.9 Å². The highest BCUT2D eigenvalue weighted by Crippen LogP contribution is 2.37. The summed E-state index contributed by atoms with van der Waals surface area (Å²) in [6, 6.07) is 12.7. The first-order valence-electron chi connectivity index (χ1n) is 10.4. The Morgan fingerprint density at radius 2 is 1.14 bits per heavy atom. The van der Waals surface area contributed by atoms with Gasteiger partial charge in [-0.25, -0.2) is 21.6 Å². The fourth-order valence-corrected chi connectivity index (χ4v) is 4.91. The average molecular weight is 514 g/mol. The Hall–Kier alpha value is -3.31. The third-order valence-corrected chi connectivity index (χ3v) is 6.92. The van der Waals surface area contributed by atoms with E-state index in [-0.39, 0.29) is 19.7 Å². The zero-order chi connectivity index (χ0) is 25.8. The lowest BCUT2D eigenvalue weighted by Crippen LogP contribution is -2.32. The maximum absolute atomic E-state index is 14.9. The van der Waals surface area contributed by atoms with E-state index in [1.54, 1.807) is 48.5 Å². The van der Waals surface area contributed by atoms with Crippen LogP contribution in [0.1, 0.15) is 18.1 Å². The molecule has 0 saturated heterocycles. The maximum atomic E-state index is 14.9. The largest absolute Gasteiger partial charge is 0.497 e. The summed E-state index contributed by atoms with van der Waals surface area (Å²) >= 11 is 0. The Morgan fingerprint density at radius 3 is 1.54 bits per heavy atom. The van der Waals surface area contributed by atoms with Crippen LogP contribution in [0.2, 0.25) is 0 Å². The molecule has 11 heteroatoms. The normalized spacial score (nSPS) is 11.5. The number of hydrogen-bond acceptors (Lipinski definition) is 5. The molecule has 0 N–H and O–H groups in total. The second-order valence-electron chi connectivity index (χ2n) is 7.32. The topological polar surface area (TPSA) is 65.1 Å². The molecule has 0 aliphatic carbocycles. The minimum absolute atomic E-state index is 0.302. The number of ether oxygens (including phenoxy) is 3. The molecule has 35 heavy (non-hydrogen) atoms. The van der Waals surface area contributed by atoms with Crippen molar-refractivity contribution < 1.29 is 40.2 Å². The molecule has 3 aromatic carbocycles. The molecule has 0 heterocycles. The van der Waals surface area contributed by atoms with Crippen molar-refractivity contribution in [2.24, 2.45) is 0 Å². The van der Waals surface area contributed by atoms with Crippen molar-refractivity contribution in [3.63, 3.8) is 0 Å². The molecule has 0 aliphatic heterocycles. The van der Waals surface area contributed by atoms with Crippen molar-refractivity contribution in [1.29, 1.82) is 0 Å². The minimum Gasteiger partial charge on any atom is -0.497 e. The predicted molar refractivity (Wildman–Crippen MR) is 120 cm³/mol. The molecule has 0 unspecified atom stereocenters. The lowest BCUT2D eigenvalue weighted by Gasteiger charge is -2.24. The molecule has 3 rings (SSSR count). The van der Waals surface area contributed by atoms with Crippen LogP contribution in [0.3, 0.4) is 0 Å². The highest BCUT2D eigenvalue weighted by molar-refractivity contribution is 7.89. The smallest absolute Gasteiger partial charge is 0.250 e. The van der Waals surface area contributed by atoms with Crippen LogP contribution < -0.4 is 14.2 Å². The number of nitrogens with zero attached hydrogens (tertiary/aromatic N) is 1. The Bertz CT molecular complexity index is 1230. The summed E-state index contributed by atoms with van der Waals surface area (Å²) < 4.78 is 101. The SMILES string of the molecule is CCOc1c(F)c(F)c(F)c(F)c1S(=O)(=O)N(Cc1ccc(OC)cc1)Cc1ccc(OC)cc1. The van der Waals surface area contributed by atoms with Crippen LogP contribution in [0, 0.1) is 23.3 Å². The summed E-state index contributed by atoms with van der Waals surface area (Å²) in [5.41, 5.74) is 0.952. The molecule has 0 amide bonds. The van der Waals surface area contributed by atoms with E-state index in [2.05, 4.69) is 0 Å². The van der Waals surface area contributed by atoms with E-state index in [1.165, 1.54) is 21.1 Å². The van der Waals surface area contributed by atoms with Gasteiger partial charge in [-0.1, -0.05) is 24.3 Å². The summed E-state index contributed by atoms with van der Waals surface area (Å²) in [5.74, 6) is -8.60. The lowest BCUT2D eigenvalue weighted by atomic mass is 10.2. The van der Waals surface area contributed by atoms with Crippen LogP contribution in [0.4, 0.5) is 17.6 Å². The van der Waals surface area contributed by atoms with E-state index in [1.807, 2.05) is 0 Å². The fraction of sp³-hybridized carbons (Fsp3) is 0.250. The van der Waals surface area contributed by atoms with Gasteiger partial charge in [0.25, 0.3) is 10.0 Å². The van der Waals surface area contributed by atoms with Crippen LogP contribution in [0.25, 0.3) is 0 Å². The van der Waals surface area contributed by atoms with Gasteiger partial charge in [0, 0.05) is 13.1 Å². The highest BCUT2D eigenvalue weighted by Gasteiger charge is 2.38. The number of halogens is 4. The molecule has 6 nitrogen and oxygen atoms in total. The third-order valence-electron chi connectivity index (χ3n) is 5.11. The highest BCUT2D eigenvalue weighted by atomic mass is 32.2. The average Bonchev–Trinajstić information content (AvgIpc) is 2.86. The molecule has 0 saturated carbocycles. The van der Waals surface area contributed by atoms with Crippen molar-refractivity contribution >= 4 is 10.0 Å². The Balaban J connectivity index is 2.15. The number of sulfonamides is 1. The summed E-state index contributed by atoms with van der Waals surface area (Å²) in [7, 11) is -2.02. The molecule has 0 aromatic heterocycles. The van der Waals surface area contributed by atoms with Gasteiger partial charge < -0.3 is 14.2 Å². The number of benzene rings is 3. The van der Waals surface area contributed by atoms with Crippen LogP contribution in [0.5, 0.6) is 17.2 Å². The van der Waals surface area contributed by atoms with Gasteiger partial charge in [0.15, 0.2) is 22.3 Å². The van der Waals surface area contributed by atoms with E-state index in [9.17, 15) is 26.0 Å². The minimum atomic E-state index is -4.95. The van der Waals surface area contributed by atoms with Gasteiger partial charge in [0.05, 0.1) is 20.8 Å². The Kier molecular flexibility index (Phi) is 8.23. The molecule has 0 bridgehead atoms. The van der Waals surface area contributed by atoms with Crippen LogP contribution >= 0.6 is 0 Å². The third kappa shape index (κ3) is 5.51. The Labute approximate surface area is 200 Å². The van der Waals surface area contributed by atoms with Crippen molar-refractivity contribution in [3.05, 3.63) is 82.9 Å².